The zero-order chi connectivity index (χ0) is 20.2. The summed E-state index contributed by atoms with van der Waals surface area (Å²) in [7, 11) is 0. The summed E-state index contributed by atoms with van der Waals surface area (Å²) < 4.78 is 10.9. The third-order valence-corrected chi connectivity index (χ3v) is 4.54. The van der Waals surface area contributed by atoms with Crippen LogP contribution in [0, 0.1) is 0 Å². The maximum Gasteiger partial charge on any atom is 0.352 e. The van der Waals surface area contributed by atoms with Crippen LogP contribution >= 0.6 is 0 Å². The molecule has 0 aliphatic heterocycles. The highest BCUT2D eigenvalue weighted by Gasteiger charge is 2.27. The average molecular weight is 383 g/mol. The maximum absolute atomic E-state index is 12.6. The third kappa shape index (κ3) is 6.84. The number of ether oxygens (including phenoxy) is 2. The predicted molar refractivity (Wildman–Crippen MR) is 110 cm³/mol. The standard InChI is InChI=1S/C24H30O4/c1-3-5-10-18-27-24(26)22(20-12-8-7-9-13-20)28-23(25)21-16-14-19(15-17-21)11-6-4-2/h7-9,12-17,22H,3-6,10-11,18H2,1-2H3. The Bertz CT molecular complexity index is 722. The lowest BCUT2D eigenvalue weighted by atomic mass is 10.1. The zero-order valence-electron chi connectivity index (χ0n) is 16.9. The fraction of sp³-hybridized carbons (Fsp3) is 0.417. The summed E-state index contributed by atoms with van der Waals surface area (Å²) in [6.45, 7) is 4.57. The van der Waals surface area contributed by atoms with Gasteiger partial charge in [-0.05, 0) is 37.0 Å². The molecule has 0 N–H and O–H groups in total. The van der Waals surface area contributed by atoms with Crippen molar-refractivity contribution >= 4 is 11.9 Å². The highest BCUT2D eigenvalue weighted by atomic mass is 16.6. The van der Waals surface area contributed by atoms with Gasteiger partial charge in [-0.15, -0.1) is 0 Å². The second kappa shape index (κ2) is 12.0. The highest BCUT2D eigenvalue weighted by Crippen LogP contribution is 2.21. The SMILES string of the molecule is CCCCCOC(=O)C(OC(=O)c1ccc(CCCC)cc1)c1ccccc1. The summed E-state index contributed by atoms with van der Waals surface area (Å²) in [4.78, 5) is 25.2. The molecule has 0 bridgehead atoms. The number of hydrogen-bond acceptors (Lipinski definition) is 4. The minimum atomic E-state index is -1.06. The van der Waals surface area contributed by atoms with Crippen LogP contribution in [0.3, 0.4) is 0 Å². The first-order valence-corrected chi connectivity index (χ1v) is 10.2. The van der Waals surface area contributed by atoms with Gasteiger partial charge < -0.3 is 9.47 Å². The van der Waals surface area contributed by atoms with Crippen molar-refractivity contribution in [3.05, 3.63) is 71.3 Å². The van der Waals surface area contributed by atoms with E-state index in [1.165, 1.54) is 5.56 Å². The molecular weight excluding hydrogens is 352 g/mol. The van der Waals surface area contributed by atoms with E-state index in [0.29, 0.717) is 17.7 Å². The van der Waals surface area contributed by atoms with Crippen LogP contribution in [0.15, 0.2) is 54.6 Å². The molecule has 1 atom stereocenters. The molecule has 150 valence electrons. The van der Waals surface area contributed by atoms with Crippen LogP contribution in [0.1, 0.15) is 73.5 Å². The first kappa shape index (κ1) is 21.7. The lowest BCUT2D eigenvalue weighted by Crippen LogP contribution is -2.22. The van der Waals surface area contributed by atoms with Crippen molar-refractivity contribution in [3.63, 3.8) is 0 Å². The monoisotopic (exact) mass is 382 g/mol. The van der Waals surface area contributed by atoms with E-state index in [9.17, 15) is 9.59 Å². The second-order valence-corrected chi connectivity index (χ2v) is 6.87. The third-order valence-electron chi connectivity index (χ3n) is 4.54. The molecule has 0 spiro atoms. The number of hydrogen-bond donors (Lipinski definition) is 0. The topological polar surface area (TPSA) is 52.6 Å². The van der Waals surface area contributed by atoms with Gasteiger partial charge in [0.1, 0.15) is 0 Å². The van der Waals surface area contributed by atoms with Crippen LogP contribution in [0.2, 0.25) is 0 Å². The van der Waals surface area contributed by atoms with Gasteiger partial charge in [0.2, 0.25) is 6.10 Å². The number of rotatable bonds is 11. The van der Waals surface area contributed by atoms with Crippen molar-refractivity contribution in [2.75, 3.05) is 6.61 Å². The predicted octanol–water partition coefficient (Wildman–Crippen LogP) is 5.66. The van der Waals surface area contributed by atoms with E-state index in [0.717, 1.165) is 38.5 Å². The molecule has 0 saturated heterocycles. The van der Waals surface area contributed by atoms with E-state index in [2.05, 4.69) is 13.8 Å². The molecule has 0 heterocycles. The molecule has 28 heavy (non-hydrogen) atoms. The molecule has 2 rings (SSSR count). The smallest absolute Gasteiger partial charge is 0.352 e. The molecule has 4 nitrogen and oxygen atoms in total. The summed E-state index contributed by atoms with van der Waals surface area (Å²) in [5.74, 6) is -1.06. The molecule has 1 unspecified atom stereocenters. The highest BCUT2D eigenvalue weighted by molar-refractivity contribution is 5.91. The van der Waals surface area contributed by atoms with E-state index in [-0.39, 0.29) is 0 Å². The quantitative estimate of drug-likeness (QED) is 0.372. The minimum Gasteiger partial charge on any atom is -0.463 e. The Morgan fingerprint density at radius 1 is 0.857 bits per heavy atom. The van der Waals surface area contributed by atoms with Crippen molar-refractivity contribution < 1.29 is 19.1 Å². The summed E-state index contributed by atoms with van der Waals surface area (Å²) in [5, 5.41) is 0. The Morgan fingerprint density at radius 2 is 1.54 bits per heavy atom. The largest absolute Gasteiger partial charge is 0.463 e. The van der Waals surface area contributed by atoms with Crippen LogP contribution in [0.5, 0.6) is 0 Å². The van der Waals surface area contributed by atoms with E-state index >= 15 is 0 Å². The molecule has 0 aromatic heterocycles. The van der Waals surface area contributed by atoms with E-state index in [1.807, 2.05) is 30.3 Å². The fourth-order valence-corrected chi connectivity index (χ4v) is 2.84. The Kier molecular flexibility index (Phi) is 9.26. The molecule has 2 aromatic rings. The number of carbonyl (C=O) groups is 2. The van der Waals surface area contributed by atoms with Crippen molar-refractivity contribution in [2.45, 2.75) is 58.5 Å². The summed E-state index contributed by atoms with van der Waals surface area (Å²) in [5.41, 5.74) is 2.23. The normalized spacial score (nSPS) is 11.6. The Labute approximate surface area is 167 Å². The molecule has 2 aromatic carbocycles. The van der Waals surface area contributed by atoms with Crippen LogP contribution in [-0.4, -0.2) is 18.5 Å². The molecule has 4 heteroatoms. The lowest BCUT2D eigenvalue weighted by Gasteiger charge is -2.17. The van der Waals surface area contributed by atoms with Gasteiger partial charge in [0.25, 0.3) is 0 Å². The van der Waals surface area contributed by atoms with Gasteiger partial charge in [-0.3, -0.25) is 0 Å². The summed E-state index contributed by atoms with van der Waals surface area (Å²) in [6, 6.07) is 16.4. The van der Waals surface area contributed by atoms with Gasteiger partial charge in [-0.25, -0.2) is 9.59 Å². The zero-order valence-corrected chi connectivity index (χ0v) is 16.9. The van der Waals surface area contributed by atoms with Gasteiger partial charge in [-0.2, -0.15) is 0 Å². The van der Waals surface area contributed by atoms with Crippen molar-refractivity contribution in [2.24, 2.45) is 0 Å². The Morgan fingerprint density at radius 3 is 2.18 bits per heavy atom. The molecule has 0 fully saturated rings. The van der Waals surface area contributed by atoms with E-state index in [4.69, 9.17) is 9.47 Å². The molecule has 0 aliphatic carbocycles. The lowest BCUT2D eigenvalue weighted by molar-refractivity contribution is -0.154. The first-order valence-electron chi connectivity index (χ1n) is 10.2. The molecule has 0 saturated carbocycles. The fourth-order valence-electron chi connectivity index (χ4n) is 2.84. The van der Waals surface area contributed by atoms with Gasteiger partial charge in [0.15, 0.2) is 0 Å². The summed E-state index contributed by atoms with van der Waals surface area (Å²) in [6.07, 6.45) is 5.01. The van der Waals surface area contributed by atoms with Crippen LogP contribution in [-0.2, 0) is 20.7 Å². The molecular formula is C24H30O4. The van der Waals surface area contributed by atoms with Crippen molar-refractivity contribution in [1.82, 2.24) is 0 Å². The Balaban J connectivity index is 2.06. The molecule has 0 amide bonds. The molecule has 0 radical (unpaired) electrons. The van der Waals surface area contributed by atoms with Gasteiger partial charge in [-0.1, -0.05) is 75.6 Å². The van der Waals surface area contributed by atoms with Crippen LogP contribution in [0.25, 0.3) is 0 Å². The second-order valence-electron chi connectivity index (χ2n) is 6.87. The minimum absolute atomic E-state index is 0.333. The van der Waals surface area contributed by atoms with Crippen molar-refractivity contribution in [1.29, 1.82) is 0 Å². The van der Waals surface area contributed by atoms with E-state index < -0.39 is 18.0 Å². The number of carbonyl (C=O) groups excluding carboxylic acids is 2. The number of unbranched alkanes of at least 4 members (excludes halogenated alkanes) is 3. The average Bonchev–Trinajstić information content (AvgIpc) is 2.74. The maximum atomic E-state index is 12.6. The number of esters is 2. The van der Waals surface area contributed by atoms with Gasteiger partial charge in [0, 0.05) is 5.56 Å². The first-order chi connectivity index (χ1) is 13.7. The van der Waals surface area contributed by atoms with Crippen LogP contribution in [0.4, 0.5) is 0 Å². The van der Waals surface area contributed by atoms with Gasteiger partial charge in [0.05, 0.1) is 12.2 Å². The molecule has 0 aliphatic rings. The van der Waals surface area contributed by atoms with Gasteiger partial charge >= 0.3 is 11.9 Å². The number of benzene rings is 2. The van der Waals surface area contributed by atoms with E-state index in [1.54, 1.807) is 24.3 Å². The Hall–Kier alpha value is -2.62. The number of aryl methyl sites for hydroxylation is 1. The van der Waals surface area contributed by atoms with Crippen molar-refractivity contribution in [3.8, 4) is 0 Å². The summed E-state index contributed by atoms with van der Waals surface area (Å²) >= 11 is 0. The van der Waals surface area contributed by atoms with Crippen LogP contribution < -0.4 is 0 Å².